The largest absolute Gasteiger partial charge is 0.0843 e. The average molecular weight is 235 g/mol. The Labute approximate surface area is 96.7 Å². The molecule has 0 saturated carbocycles. The topological polar surface area (TPSA) is 0 Å². The van der Waals surface area contributed by atoms with Gasteiger partial charge >= 0.3 is 0 Å². The van der Waals surface area contributed by atoms with E-state index in [0.717, 1.165) is 5.02 Å². The monoisotopic (exact) mass is 234 g/mol. The minimum absolute atomic E-state index is 0.242. The number of hydrogen-bond acceptors (Lipinski definition) is 0. The molecule has 0 amide bonds. The Balaban J connectivity index is 2.29. The average Bonchev–Trinajstić information content (AvgIpc) is 2.30. The zero-order valence-corrected chi connectivity index (χ0v) is 10.2. The molecule has 0 aromatic heterocycles. The van der Waals surface area contributed by atoms with Gasteiger partial charge in [-0.3, -0.25) is 0 Å². The summed E-state index contributed by atoms with van der Waals surface area (Å²) in [7, 11) is -0.242. The Hall–Kier alpha value is -0.840. The van der Waals surface area contributed by atoms with Gasteiger partial charge in [-0.2, -0.15) is 0 Å². The molecule has 2 aromatic carbocycles. The van der Waals surface area contributed by atoms with E-state index in [4.69, 9.17) is 11.6 Å². The van der Waals surface area contributed by atoms with Crippen molar-refractivity contribution in [2.24, 2.45) is 0 Å². The molecule has 0 saturated heterocycles. The van der Waals surface area contributed by atoms with E-state index in [9.17, 15) is 0 Å². The van der Waals surface area contributed by atoms with E-state index >= 15 is 0 Å². The van der Waals surface area contributed by atoms with E-state index < -0.39 is 0 Å². The van der Waals surface area contributed by atoms with Crippen LogP contribution in [0.4, 0.5) is 0 Å². The smallest absolute Gasteiger partial charge is 0.0406 e. The van der Waals surface area contributed by atoms with Crippen molar-refractivity contribution in [3.8, 4) is 0 Å². The normalized spacial score (nSPS) is 12.4. The summed E-state index contributed by atoms with van der Waals surface area (Å²) in [5.74, 6) is 0. The summed E-state index contributed by atoms with van der Waals surface area (Å²) in [5, 5.41) is 3.56. The molecule has 0 aliphatic rings. The van der Waals surface area contributed by atoms with Gasteiger partial charge in [0.2, 0.25) is 0 Å². The number of benzene rings is 2. The number of rotatable bonds is 2. The third kappa shape index (κ3) is 2.59. The molecule has 1 unspecified atom stereocenters. The van der Waals surface area contributed by atoms with E-state index in [2.05, 4.69) is 49.1 Å². The molecular formula is C13H12ClP. The van der Waals surface area contributed by atoms with Crippen molar-refractivity contribution in [1.29, 1.82) is 0 Å². The molecule has 0 nitrogen and oxygen atoms in total. The van der Waals surface area contributed by atoms with Crippen molar-refractivity contribution in [3.63, 3.8) is 0 Å². The van der Waals surface area contributed by atoms with E-state index in [0.29, 0.717) is 0 Å². The molecule has 76 valence electrons. The molecule has 0 aliphatic heterocycles. The molecule has 0 N–H and O–H groups in total. The first kappa shape index (κ1) is 10.7. The van der Waals surface area contributed by atoms with Crippen LogP contribution in [0.25, 0.3) is 0 Å². The summed E-state index contributed by atoms with van der Waals surface area (Å²) in [5.41, 5.74) is 0. The fourth-order valence-corrected chi connectivity index (χ4v) is 3.11. The molecule has 0 bridgehead atoms. The minimum atomic E-state index is -0.242. The standard InChI is InChI=1S/C13H12ClP/c1-15(12-5-3-2-4-6-12)13-9-7-11(14)8-10-13/h2-10H,1H3. The molecule has 15 heavy (non-hydrogen) atoms. The lowest BCUT2D eigenvalue weighted by atomic mass is 10.4. The lowest BCUT2D eigenvalue weighted by Crippen LogP contribution is -2.09. The second kappa shape index (κ2) is 4.79. The van der Waals surface area contributed by atoms with Gasteiger partial charge in [0, 0.05) is 5.02 Å². The number of hydrogen-bond donors (Lipinski definition) is 0. The van der Waals surface area contributed by atoms with Crippen LogP contribution in [-0.2, 0) is 0 Å². The molecule has 0 radical (unpaired) electrons. The predicted molar refractivity (Wildman–Crippen MR) is 70.0 cm³/mol. The first-order valence-corrected chi connectivity index (χ1v) is 6.98. The van der Waals surface area contributed by atoms with Crippen molar-refractivity contribution < 1.29 is 0 Å². The van der Waals surface area contributed by atoms with E-state index in [1.54, 1.807) is 0 Å². The minimum Gasteiger partial charge on any atom is -0.0843 e. The first-order valence-electron chi connectivity index (χ1n) is 4.82. The summed E-state index contributed by atoms with van der Waals surface area (Å²) in [4.78, 5) is 0. The maximum atomic E-state index is 5.87. The highest BCUT2D eigenvalue weighted by Gasteiger charge is 2.06. The first-order chi connectivity index (χ1) is 7.27. The summed E-state index contributed by atoms with van der Waals surface area (Å²) >= 11 is 5.87. The van der Waals surface area contributed by atoms with Crippen LogP contribution in [-0.4, -0.2) is 6.66 Å². The van der Waals surface area contributed by atoms with Gasteiger partial charge in [-0.15, -0.1) is 0 Å². The third-order valence-corrected chi connectivity index (χ3v) is 4.75. The van der Waals surface area contributed by atoms with Gasteiger partial charge in [0.05, 0.1) is 0 Å². The van der Waals surface area contributed by atoms with Gasteiger partial charge in [0.15, 0.2) is 0 Å². The van der Waals surface area contributed by atoms with Gasteiger partial charge in [-0.05, 0) is 37.3 Å². The Morgan fingerprint density at radius 2 is 1.33 bits per heavy atom. The van der Waals surface area contributed by atoms with Gasteiger partial charge in [-0.1, -0.05) is 54.1 Å². The van der Waals surface area contributed by atoms with E-state index in [1.165, 1.54) is 10.6 Å². The molecule has 0 aliphatic carbocycles. The summed E-state index contributed by atoms with van der Waals surface area (Å²) in [6.45, 7) is 2.27. The highest BCUT2D eigenvalue weighted by atomic mass is 35.5. The van der Waals surface area contributed by atoms with Crippen LogP contribution in [0.3, 0.4) is 0 Å². The predicted octanol–water partition coefficient (Wildman–Crippen LogP) is 3.40. The molecule has 0 fully saturated rings. The second-order valence-corrected chi connectivity index (χ2v) is 5.96. The Bertz CT molecular complexity index is 422. The van der Waals surface area contributed by atoms with Crippen LogP contribution < -0.4 is 10.6 Å². The van der Waals surface area contributed by atoms with Crippen molar-refractivity contribution in [1.82, 2.24) is 0 Å². The quantitative estimate of drug-likeness (QED) is 0.699. The van der Waals surface area contributed by atoms with Crippen LogP contribution in [0.5, 0.6) is 0 Å². The highest BCUT2D eigenvalue weighted by molar-refractivity contribution is 7.72. The number of halogens is 1. The zero-order chi connectivity index (χ0) is 10.7. The van der Waals surface area contributed by atoms with Crippen molar-refractivity contribution in [3.05, 3.63) is 59.6 Å². The molecule has 1 atom stereocenters. The lowest BCUT2D eigenvalue weighted by molar-refractivity contribution is 1.75. The van der Waals surface area contributed by atoms with Gasteiger partial charge < -0.3 is 0 Å². The molecular weight excluding hydrogens is 223 g/mol. The van der Waals surface area contributed by atoms with Crippen LogP contribution in [0.15, 0.2) is 54.6 Å². The second-order valence-electron chi connectivity index (χ2n) is 3.37. The molecule has 2 aromatic rings. The molecule has 0 heterocycles. The fraction of sp³-hybridized carbons (Fsp3) is 0.0769. The van der Waals surface area contributed by atoms with E-state index in [1.807, 2.05) is 12.1 Å². The summed E-state index contributed by atoms with van der Waals surface area (Å²) < 4.78 is 0. The molecule has 2 rings (SSSR count). The molecule has 2 heteroatoms. The van der Waals surface area contributed by atoms with E-state index in [-0.39, 0.29) is 7.92 Å². The van der Waals surface area contributed by atoms with Crippen LogP contribution in [0, 0.1) is 0 Å². The zero-order valence-electron chi connectivity index (χ0n) is 8.52. The third-order valence-electron chi connectivity index (χ3n) is 2.36. The maximum Gasteiger partial charge on any atom is 0.0406 e. The lowest BCUT2D eigenvalue weighted by Gasteiger charge is -2.12. The van der Waals surface area contributed by atoms with Gasteiger partial charge in [0.25, 0.3) is 0 Å². The van der Waals surface area contributed by atoms with Crippen LogP contribution in [0.1, 0.15) is 0 Å². The van der Waals surface area contributed by atoms with Crippen molar-refractivity contribution >= 4 is 30.1 Å². The van der Waals surface area contributed by atoms with Crippen LogP contribution in [0.2, 0.25) is 5.02 Å². The Kier molecular flexibility index (Phi) is 3.41. The van der Waals surface area contributed by atoms with Crippen LogP contribution >= 0.6 is 19.5 Å². The Morgan fingerprint density at radius 1 is 0.800 bits per heavy atom. The van der Waals surface area contributed by atoms with Gasteiger partial charge in [0.1, 0.15) is 0 Å². The van der Waals surface area contributed by atoms with Crippen molar-refractivity contribution in [2.45, 2.75) is 0 Å². The summed E-state index contributed by atoms with van der Waals surface area (Å²) in [6.07, 6.45) is 0. The molecule has 0 spiro atoms. The fourth-order valence-electron chi connectivity index (χ4n) is 1.47. The SMILES string of the molecule is CP(c1ccccc1)c1ccc(Cl)cc1. The Morgan fingerprint density at radius 3 is 1.93 bits per heavy atom. The summed E-state index contributed by atoms with van der Waals surface area (Å²) in [6, 6.07) is 18.7. The van der Waals surface area contributed by atoms with Crippen molar-refractivity contribution in [2.75, 3.05) is 6.66 Å². The highest BCUT2D eigenvalue weighted by Crippen LogP contribution is 2.28. The maximum absolute atomic E-state index is 5.87. The van der Waals surface area contributed by atoms with Gasteiger partial charge in [-0.25, -0.2) is 0 Å².